The average Bonchev–Trinajstić information content (AvgIpc) is 2.28. The normalized spacial score (nSPS) is 12.8. The van der Waals surface area contributed by atoms with Crippen molar-refractivity contribution in [1.29, 1.82) is 0 Å². The molecule has 0 amide bonds. The van der Waals surface area contributed by atoms with Crippen molar-refractivity contribution in [2.24, 2.45) is 5.92 Å². The molecule has 1 unspecified atom stereocenters. The van der Waals surface area contributed by atoms with Gasteiger partial charge in [0.15, 0.2) is 5.82 Å². The highest BCUT2D eigenvalue weighted by Crippen LogP contribution is 2.16. The Morgan fingerprint density at radius 3 is 2.41 bits per heavy atom. The van der Waals surface area contributed by atoms with Crippen molar-refractivity contribution in [3.05, 3.63) is 17.8 Å². The Bertz CT molecular complexity index is 321. The van der Waals surface area contributed by atoms with Crippen LogP contribution >= 0.6 is 0 Å². The molecule has 1 rings (SSSR count). The van der Waals surface area contributed by atoms with Gasteiger partial charge in [0, 0.05) is 19.6 Å². The summed E-state index contributed by atoms with van der Waals surface area (Å²) in [6, 6.07) is 4.55. The molecule has 4 heteroatoms. The molecule has 1 atom stereocenters. The highest BCUT2D eigenvalue weighted by Gasteiger charge is 2.13. The van der Waals surface area contributed by atoms with Crippen LogP contribution in [0.2, 0.25) is 0 Å². The van der Waals surface area contributed by atoms with Crippen LogP contribution in [0.25, 0.3) is 0 Å². The molecule has 0 aromatic carbocycles. The molecule has 17 heavy (non-hydrogen) atoms. The zero-order valence-corrected chi connectivity index (χ0v) is 11.6. The predicted octanol–water partition coefficient (Wildman–Crippen LogP) is 2.07. The first kappa shape index (κ1) is 13.9. The van der Waals surface area contributed by atoms with Gasteiger partial charge < -0.3 is 10.2 Å². The summed E-state index contributed by atoms with van der Waals surface area (Å²) in [5.74, 6) is 1.64. The maximum Gasteiger partial charge on any atom is 0.151 e. The molecule has 0 radical (unpaired) electrons. The topological polar surface area (TPSA) is 41.0 Å². The van der Waals surface area contributed by atoms with Crippen LogP contribution in [0.4, 0.5) is 5.82 Å². The summed E-state index contributed by atoms with van der Waals surface area (Å²) < 4.78 is 0. The molecule has 0 spiro atoms. The number of hydrogen-bond donors (Lipinski definition) is 1. The molecule has 0 aliphatic carbocycles. The van der Waals surface area contributed by atoms with Crippen molar-refractivity contribution in [3.8, 4) is 0 Å². The lowest BCUT2D eigenvalue weighted by Gasteiger charge is -2.26. The van der Waals surface area contributed by atoms with Crippen molar-refractivity contribution in [3.63, 3.8) is 0 Å². The number of rotatable bonds is 6. The molecule has 0 aliphatic heterocycles. The van der Waals surface area contributed by atoms with E-state index in [4.69, 9.17) is 0 Å². The monoisotopic (exact) mass is 236 g/mol. The minimum atomic E-state index is 0.486. The van der Waals surface area contributed by atoms with Crippen LogP contribution < -0.4 is 10.2 Å². The maximum absolute atomic E-state index is 4.26. The molecule has 1 aromatic heterocycles. The lowest BCUT2D eigenvalue weighted by atomic mass is 10.0. The number of hydrogen-bond acceptors (Lipinski definition) is 4. The summed E-state index contributed by atoms with van der Waals surface area (Å²) in [6.07, 6.45) is 1.16. The average molecular weight is 236 g/mol. The second kappa shape index (κ2) is 6.55. The Hall–Kier alpha value is -1.16. The van der Waals surface area contributed by atoms with Crippen LogP contribution in [0.1, 0.15) is 32.9 Å². The van der Waals surface area contributed by atoms with Gasteiger partial charge in [-0.1, -0.05) is 13.8 Å². The van der Waals surface area contributed by atoms with E-state index in [1.165, 1.54) is 0 Å². The Morgan fingerprint density at radius 2 is 1.94 bits per heavy atom. The Morgan fingerprint density at radius 1 is 1.24 bits per heavy atom. The number of aromatic nitrogens is 2. The second-order valence-corrected chi connectivity index (χ2v) is 5.00. The molecular formula is C13H24N4. The van der Waals surface area contributed by atoms with E-state index < -0.39 is 0 Å². The molecule has 0 saturated carbocycles. The largest absolute Gasteiger partial charge is 0.355 e. The Labute approximate surface area is 104 Å². The van der Waals surface area contributed by atoms with Crippen LogP contribution in [0.3, 0.4) is 0 Å². The van der Waals surface area contributed by atoms with E-state index >= 15 is 0 Å². The summed E-state index contributed by atoms with van der Waals surface area (Å²) in [7, 11) is 3.99. The van der Waals surface area contributed by atoms with Gasteiger partial charge in [0.2, 0.25) is 0 Å². The van der Waals surface area contributed by atoms with Crippen molar-refractivity contribution in [2.75, 3.05) is 19.0 Å². The quantitative estimate of drug-likeness (QED) is 0.821. The molecule has 0 aliphatic rings. The SMILES string of the molecule is CNCc1ccc(N(C)C(C)CC(C)C)nn1. The maximum atomic E-state index is 4.26. The summed E-state index contributed by atoms with van der Waals surface area (Å²) in [4.78, 5) is 2.19. The standard InChI is InChI=1S/C13H24N4/c1-10(2)8-11(3)17(5)13-7-6-12(9-14-4)15-16-13/h6-7,10-11,14H,8-9H2,1-5H3. The van der Waals surface area contributed by atoms with Crippen LogP contribution in [0.5, 0.6) is 0 Å². The number of nitrogens with zero attached hydrogens (tertiary/aromatic N) is 3. The lowest BCUT2D eigenvalue weighted by Crippen LogP contribution is -2.31. The third-order valence-electron chi connectivity index (χ3n) is 2.90. The molecule has 96 valence electrons. The van der Waals surface area contributed by atoms with Gasteiger partial charge in [0.05, 0.1) is 5.69 Å². The zero-order valence-electron chi connectivity index (χ0n) is 11.6. The first-order valence-electron chi connectivity index (χ1n) is 6.24. The number of anilines is 1. The fourth-order valence-electron chi connectivity index (χ4n) is 1.88. The molecule has 1 aromatic rings. The first-order valence-corrected chi connectivity index (χ1v) is 6.24. The molecule has 0 fully saturated rings. The third-order valence-corrected chi connectivity index (χ3v) is 2.90. The predicted molar refractivity (Wildman–Crippen MR) is 72.1 cm³/mol. The fraction of sp³-hybridized carbons (Fsp3) is 0.692. The fourth-order valence-corrected chi connectivity index (χ4v) is 1.88. The van der Waals surface area contributed by atoms with Crippen LogP contribution in [0.15, 0.2) is 12.1 Å². The molecular weight excluding hydrogens is 212 g/mol. The molecule has 1 N–H and O–H groups in total. The van der Waals surface area contributed by atoms with Gasteiger partial charge in [-0.2, -0.15) is 5.10 Å². The number of nitrogens with one attached hydrogen (secondary N) is 1. The molecule has 0 bridgehead atoms. The van der Waals surface area contributed by atoms with Crippen molar-refractivity contribution >= 4 is 5.82 Å². The van der Waals surface area contributed by atoms with E-state index in [0.717, 1.165) is 24.5 Å². The minimum absolute atomic E-state index is 0.486. The van der Waals surface area contributed by atoms with Gasteiger partial charge in [0.1, 0.15) is 0 Å². The van der Waals surface area contributed by atoms with Gasteiger partial charge >= 0.3 is 0 Å². The highest BCUT2D eigenvalue weighted by atomic mass is 15.3. The van der Waals surface area contributed by atoms with Gasteiger partial charge in [-0.05, 0) is 38.4 Å². The summed E-state index contributed by atoms with van der Waals surface area (Å²) in [5, 5.41) is 11.5. The van der Waals surface area contributed by atoms with Gasteiger partial charge in [-0.25, -0.2) is 0 Å². The zero-order chi connectivity index (χ0) is 12.8. The van der Waals surface area contributed by atoms with Gasteiger partial charge in [0.25, 0.3) is 0 Å². The van der Waals surface area contributed by atoms with E-state index in [-0.39, 0.29) is 0 Å². The van der Waals surface area contributed by atoms with Crippen LogP contribution in [-0.2, 0) is 6.54 Å². The second-order valence-electron chi connectivity index (χ2n) is 5.00. The molecule has 4 nitrogen and oxygen atoms in total. The van der Waals surface area contributed by atoms with E-state index in [1.54, 1.807) is 0 Å². The minimum Gasteiger partial charge on any atom is -0.355 e. The summed E-state index contributed by atoms with van der Waals surface area (Å²) in [5.41, 5.74) is 0.973. The van der Waals surface area contributed by atoms with E-state index in [0.29, 0.717) is 12.0 Å². The van der Waals surface area contributed by atoms with Gasteiger partial charge in [-0.15, -0.1) is 5.10 Å². The summed E-state index contributed by atoms with van der Waals surface area (Å²) >= 11 is 0. The summed E-state index contributed by atoms with van der Waals surface area (Å²) in [6.45, 7) is 7.47. The van der Waals surface area contributed by atoms with Crippen molar-refractivity contribution in [2.45, 2.75) is 39.8 Å². The van der Waals surface area contributed by atoms with Crippen LogP contribution in [0, 0.1) is 5.92 Å². The first-order chi connectivity index (χ1) is 8.04. The Balaban J connectivity index is 2.65. The van der Waals surface area contributed by atoms with Crippen molar-refractivity contribution in [1.82, 2.24) is 15.5 Å². The van der Waals surface area contributed by atoms with E-state index in [2.05, 4.69) is 48.2 Å². The smallest absolute Gasteiger partial charge is 0.151 e. The van der Waals surface area contributed by atoms with Gasteiger partial charge in [-0.3, -0.25) is 0 Å². The van der Waals surface area contributed by atoms with E-state index in [1.807, 2.05) is 19.2 Å². The highest BCUT2D eigenvalue weighted by molar-refractivity contribution is 5.37. The van der Waals surface area contributed by atoms with Crippen LogP contribution in [-0.4, -0.2) is 30.3 Å². The molecule has 0 saturated heterocycles. The van der Waals surface area contributed by atoms with E-state index in [9.17, 15) is 0 Å². The lowest BCUT2D eigenvalue weighted by molar-refractivity contribution is 0.501. The Kier molecular flexibility index (Phi) is 5.35. The third kappa shape index (κ3) is 4.30. The molecule has 1 heterocycles. The van der Waals surface area contributed by atoms with Crippen molar-refractivity contribution < 1.29 is 0 Å².